The minimum Gasteiger partial charge on any atom is -0.489 e. The zero-order chi connectivity index (χ0) is 18.2. The monoisotopic (exact) mass is 367 g/mol. The van der Waals surface area contributed by atoms with Crippen LogP contribution in [0.15, 0.2) is 72.8 Å². The van der Waals surface area contributed by atoms with Gasteiger partial charge in [0.05, 0.1) is 0 Å². The molecular weight excluding hydrogens is 346 g/mol. The summed E-state index contributed by atoms with van der Waals surface area (Å²) in [4.78, 5) is 0. The van der Waals surface area contributed by atoms with Gasteiger partial charge < -0.3 is 14.8 Å². The SMILES string of the molecule is CNCc1ccc(OCc2ccccc2OCc2ccc(Cl)cc2)cc1. The summed E-state index contributed by atoms with van der Waals surface area (Å²) in [6.07, 6.45) is 0. The van der Waals surface area contributed by atoms with E-state index in [-0.39, 0.29) is 0 Å². The van der Waals surface area contributed by atoms with Crippen LogP contribution in [0.2, 0.25) is 5.02 Å². The molecule has 3 aromatic rings. The quantitative estimate of drug-likeness (QED) is 0.592. The van der Waals surface area contributed by atoms with E-state index in [9.17, 15) is 0 Å². The molecule has 134 valence electrons. The fourth-order valence-electron chi connectivity index (χ4n) is 2.57. The first-order valence-electron chi connectivity index (χ1n) is 8.56. The lowest BCUT2D eigenvalue weighted by molar-refractivity contribution is 0.273. The molecule has 0 aromatic heterocycles. The third kappa shape index (κ3) is 5.25. The highest BCUT2D eigenvalue weighted by molar-refractivity contribution is 6.30. The van der Waals surface area contributed by atoms with Crippen molar-refractivity contribution in [3.05, 3.63) is 94.5 Å². The Kier molecular flexibility index (Phi) is 6.53. The van der Waals surface area contributed by atoms with Gasteiger partial charge in [-0.15, -0.1) is 0 Å². The molecule has 0 bridgehead atoms. The standard InChI is InChI=1S/C22H22ClNO2/c1-24-14-17-8-12-21(13-9-17)25-16-19-4-2-3-5-22(19)26-15-18-6-10-20(23)11-7-18/h2-13,24H,14-16H2,1H3. The van der Waals surface area contributed by atoms with E-state index in [0.717, 1.165) is 34.2 Å². The largest absolute Gasteiger partial charge is 0.489 e. The summed E-state index contributed by atoms with van der Waals surface area (Å²) in [5.74, 6) is 1.67. The van der Waals surface area contributed by atoms with Gasteiger partial charge >= 0.3 is 0 Å². The Morgan fingerprint density at radius 1 is 0.769 bits per heavy atom. The van der Waals surface area contributed by atoms with E-state index in [1.54, 1.807) is 0 Å². The molecule has 0 radical (unpaired) electrons. The molecule has 3 aromatic carbocycles. The second kappa shape index (κ2) is 9.27. The van der Waals surface area contributed by atoms with Crippen molar-refractivity contribution in [3.8, 4) is 11.5 Å². The summed E-state index contributed by atoms with van der Waals surface area (Å²) in [5, 5.41) is 3.86. The molecule has 0 amide bonds. The molecule has 0 aliphatic carbocycles. The first-order valence-corrected chi connectivity index (χ1v) is 8.94. The fourth-order valence-corrected chi connectivity index (χ4v) is 2.70. The summed E-state index contributed by atoms with van der Waals surface area (Å²) < 4.78 is 11.9. The third-order valence-electron chi connectivity index (χ3n) is 3.98. The molecule has 1 N–H and O–H groups in total. The number of hydrogen-bond donors (Lipinski definition) is 1. The molecule has 0 unspecified atom stereocenters. The normalized spacial score (nSPS) is 10.5. The summed E-state index contributed by atoms with van der Waals surface area (Å²) in [7, 11) is 1.94. The lowest BCUT2D eigenvalue weighted by Gasteiger charge is -2.13. The van der Waals surface area contributed by atoms with Crippen molar-refractivity contribution in [2.75, 3.05) is 7.05 Å². The topological polar surface area (TPSA) is 30.5 Å². The van der Waals surface area contributed by atoms with E-state index >= 15 is 0 Å². The Bertz CT molecular complexity index is 816. The second-order valence-corrected chi connectivity index (χ2v) is 6.42. The van der Waals surface area contributed by atoms with E-state index in [1.165, 1.54) is 5.56 Å². The molecule has 3 rings (SSSR count). The number of hydrogen-bond acceptors (Lipinski definition) is 3. The van der Waals surface area contributed by atoms with Gasteiger partial charge in [-0.2, -0.15) is 0 Å². The van der Waals surface area contributed by atoms with Crippen LogP contribution in [-0.4, -0.2) is 7.05 Å². The summed E-state index contributed by atoms with van der Waals surface area (Å²) >= 11 is 5.92. The van der Waals surface area contributed by atoms with Crippen LogP contribution in [0.25, 0.3) is 0 Å². The van der Waals surface area contributed by atoms with Gasteiger partial charge in [0.15, 0.2) is 0 Å². The molecule has 0 atom stereocenters. The van der Waals surface area contributed by atoms with Gasteiger partial charge in [-0.1, -0.05) is 54.1 Å². The van der Waals surface area contributed by atoms with Crippen LogP contribution >= 0.6 is 11.6 Å². The molecule has 0 aliphatic heterocycles. The molecule has 0 fully saturated rings. The number of para-hydroxylation sites is 1. The predicted molar refractivity (Wildman–Crippen MR) is 106 cm³/mol. The van der Waals surface area contributed by atoms with Crippen molar-refractivity contribution in [1.82, 2.24) is 5.32 Å². The van der Waals surface area contributed by atoms with Crippen molar-refractivity contribution in [1.29, 1.82) is 0 Å². The Morgan fingerprint density at radius 3 is 2.19 bits per heavy atom. The fraction of sp³-hybridized carbons (Fsp3) is 0.182. The molecule has 0 spiro atoms. The van der Waals surface area contributed by atoms with Crippen molar-refractivity contribution in [2.45, 2.75) is 19.8 Å². The van der Waals surface area contributed by atoms with Crippen LogP contribution in [0.4, 0.5) is 0 Å². The van der Waals surface area contributed by atoms with Gasteiger partial charge in [0, 0.05) is 17.1 Å². The molecule has 0 saturated carbocycles. The number of nitrogens with one attached hydrogen (secondary N) is 1. The van der Waals surface area contributed by atoms with Crippen molar-refractivity contribution < 1.29 is 9.47 Å². The van der Waals surface area contributed by atoms with Gasteiger partial charge in [0.2, 0.25) is 0 Å². The van der Waals surface area contributed by atoms with Gasteiger partial charge in [-0.25, -0.2) is 0 Å². The van der Waals surface area contributed by atoms with E-state index < -0.39 is 0 Å². The first-order chi connectivity index (χ1) is 12.7. The minimum absolute atomic E-state index is 0.460. The van der Waals surface area contributed by atoms with Gasteiger partial charge in [0.1, 0.15) is 24.7 Å². The molecular formula is C22H22ClNO2. The average Bonchev–Trinajstić information content (AvgIpc) is 2.68. The van der Waals surface area contributed by atoms with E-state index in [0.29, 0.717) is 13.2 Å². The third-order valence-corrected chi connectivity index (χ3v) is 4.23. The highest BCUT2D eigenvalue weighted by Gasteiger charge is 2.05. The van der Waals surface area contributed by atoms with Gasteiger partial charge in [-0.3, -0.25) is 0 Å². The zero-order valence-electron chi connectivity index (χ0n) is 14.7. The highest BCUT2D eigenvalue weighted by Crippen LogP contribution is 2.22. The summed E-state index contributed by atoms with van der Waals surface area (Å²) in [6, 6.07) is 23.7. The zero-order valence-corrected chi connectivity index (χ0v) is 15.5. The van der Waals surface area contributed by atoms with Crippen LogP contribution in [-0.2, 0) is 19.8 Å². The van der Waals surface area contributed by atoms with E-state index in [2.05, 4.69) is 17.4 Å². The number of rotatable bonds is 8. The van der Waals surface area contributed by atoms with Crippen molar-refractivity contribution in [2.24, 2.45) is 0 Å². The van der Waals surface area contributed by atoms with Crippen molar-refractivity contribution >= 4 is 11.6 Å². The summed E-state index contributed by atoms with van der Waals surface area (Å²) in [6.45, 7) is 1.80. The Labute approximate surface area is 159 Å². The van der Waals surface area contributed by atoms with E-state index in [4.69, 9.17) is 21.1 Å². The minimum atomic E-state index is 0.460. The average molecular weight is 368 g/mol. The van der Waals surface area contributed by atoms with Gasteiger partial charge in [-0.05, 0) is 48.5 Å². The molecule has 26 heavy (non-hydrogen) atoms. The molecule has 4 heteroatoms. The number of ether oxygens (including phenoxy) is 2. The maximum atomic E-state index is 5.97. The van der Waals surface area contributed by atoms with Gasteiger partial charge in [0.25, 0.3) is 0 Å². The van der Waals surface area contributed by atoms with Crippen LogP contribution in [0.3, 0.4) is 0 Å². The molecule has 0 heterocycles. The van der Waals surface area contributed by atoms with Crippen molar-refractivity contribution in [3.63, 3.8) is 0 Å². The molecule has 3 nitrogen and oxygen atoms in total. The smallest absolute Gasteiger partial charge is 0.126 e. The first kappa shape index (κ1) is 18.3. The maximum absolute atomic E-state index is 5.97. The Hall–Kier alpha value is -2.49. The number of benzene rings is 3. The lowest BCUT2D eigenvalue weighted by atomic mass is 10.2. The summed E-state index contributed by atoms with van der Waals surface area (Å²) in [5.41, 5.74) is 3.32. The number of halogens is 1. The lowest BCUT2D eigenvalue weighted by Crippen LogP contribution is -2.05. The van der Waals surface area contributed by atoms with Crippen LogP contribution in [0.1, 0.15) is 16.7 Å². The maximum Gasteiger partial charge on any atom is 0.126 e. The van der Waals surface area contributed by atoms with Crippen LogP contribution in [0, 0.1) is 0 Å². The second-order valence-electron chi connectivity index (χ2n) is 5.99. The Balaban J connectivity index is 1.60. The predicted octanol–water partition coefficient (Wildman–Crippen LogP) is 5.22. The van der Waals surface area contributed by atoms with Crippen LogP contribution in [0.5, 0.6) is 11.5 Å². The Morgan fingerprint density at radius 2 is 1.46 bits per heavy atom. The van der Waals surface area contributed by atoms with Crippen LogP contribution < -0.4 is 14.8 Å². The highest BCUT2D eigenvalue weighted by atomic mass is 35.5. The van der Waals surface area contributed by atoms with E-state index in [1.807, 2.05) is 67.7 Å². The molecule has 0 saturated heterocycles. The molecule has 0 aliphatic rings.